The molecule has 0 aromatic heterocycles. The van der Waals surface area contributed by atoms with Gasteiger partial charge >= 0.3 is 5.97 Å². The lowest BCUT2D eigenvalue weighted by atomic mass is 9.75. The first-order valence-electron chi connectivity index (χ1n) is 10.0. The summed E-state index contributed by atoms with van der Waals surface area (Å²) < 4.78 is 0. The largest absolute Gasteiger partial charge is 0.481 e. The van der Waals surface area contributed by atoms with Gasteiger partial charge in [0.25, 0.3) is 5.91 Å². The second kappa shape index (κ2) is 9.75. The molecule has 0 radical (unpaired) electrons. The molecule has 2 aromatic rings. The van der Waals surface area contributed by atoms with Crippen molar-refractivity contribution in [3.8, 4) is 0 Å². The van der Waals surface area contributed by atoms with Crippen LogP contribution in [-0.4, -0.2) is 41.2 Å². The first-order chi connectivity index (χ1) is 14.8. The van der Waals surface area contributed by atoms with Crippen LogP contribution < -0.4 is 0 Å². The third kappa shape index (κ3) is 5.12. The van der Waals surface area contributed by atoms with E-state index in [4.69, 9.17) is 11.6 Å². The van der Waals surface area contributed by atoms with E-state index >= 15 is 0 Å². The molecule has 0 bridgehead atoms. The molecule has 2 atom stereocenters. The van der Waals surface area contributed by atoms with E-state index in [-0.39, 0.29) is 5.91 Å². The van der Waals surface area contributed by atoms with E-state index in [1.807, 2.05) is 42.5 Å². The Morgan fingerprint density at radius 1 is 1.13 bits per heavy atom. The van der Waals surface area contributed by atoms with Gasteiger partial charge in [-0.05, 0) is 37.1 Å². The standard InChI is InChI=1S/C25H25ClN2O3/c1-16-21(24(29)28(3)14-8-11-18-9-5-4-6-10-18)23(19-12-7-13-20(26)15-19)22(25(30)31)17(2)27-16/h4-13,15,22-23H,14H2,1-3H3,(H,30,31). The first-order valence-corrected chi connectivity index (χ1v) is 10.4. The summed E-state index contributed by atoms with van der Waals surface area (Å²) in [7, 11) is 1.70. The van der Waals surface area contributed by atoms with Crippen molar-refractivity contribution in [1.82, 2.24) is 4.90 Å². The van der Waals surface area contributed by atoms with Gasteiger partial charge in [0.15, 0.2) is 0 Å². The highest BCUT2D eigenvalue weighted by Gasteiger charge is 2.41. The number of aliphatic carboxylic acids is 1. The van der Waals surface area contributed by atoms with Crippen molar-refractivity contribution in [2.75, 3.05) is 13.6 Å². The van der Waals surface area contributed by atoms with E-state index in [2.05, 4.69) is 4.99 Å². The minimum absolute atomic E-state index is 0.248. The summed E-state index contributed by atoms with van der Waals surface area (Å²) in [4.78, 5) is 31.6. The Hall–Kier alpha value is -3.18. The second-order valence-electron chi connectivity index (χ2n) is 7.60. The normalized spacial score (nSPS) is 18.8. The maximum atomic E-state index is 13.4. The molecular formula is C25H25ClN2O3. The third-order valence-corrected chi connectivity index (χ3v) is 5.60. The van der Waals surface area contributed by atoms with Crippen LogP contribution in [0, 0.1) is 5.92 Å². The molecule has 0 saturated carbocycles. The van der Waals surface area contributed by atoms with E-state index in [9.17, 15) is 14.7 Å². The van der Waals surface area contributed by atoms with Gasteiger partial charge in [-0.2, -0.15) is 0 Å². The number of hydrogen-bond acceptors (Lipinski definition) is 3. The molecule has 5 nitrogen and oxygen atoms in total. The molecule has 2 unspecified atom stereocenters. The van der Waals surface area contributed by atoms with Gasteiger partial charge in [0.1, 0.15) is 5.92 Å². The van der Waals surface area contributed by atoms with Gasteiger partial charge in [-0.1, -0.05) is 66.2 Å². The lowest BCUT2D eigenvalue weighted by Gasteiger charge is -2.32. The fraction of sp³-hybridized carbons (Fsp3) is 0.240. The monoisotopic (exact) mass is 436 g/mol. The summed E-state index contributed by atoms with van der Waals surface area (Å²) in [5.74, 6) is -2.87. The Morgan fingerprint density at radius 3 is 2.48 bits per heavy atom. The van der Waals surface area contributed by atoms with E-state index in [0.717, 1.165) is 5.56 Å². The number of halogens is 1. The minimum Gasteiger partial charge on any atom is -0.481 e. The highest BCUT2D eigenvalue weighted by atomic mass is 35.5. The van der Waals surface area contributed by atoms with E-state index in [0.29, 0.717) is 34.1 Å². The number of amides is 1. The lowest BCUT2D eigenvalue weighted by Crippen LogP contribution is -2.39. The molecule has 6 heteroatoms. The first kappa shape index (κ1) is 22.5. The molecule has 1 amide bonds. The number of carboxylic acids is 1. The van der Waals surface area contributed by atoms with Gasteiger partial charge in [0, 0.05) is 41.5 Å². The summed E-state index contributed by atoms with van der Waals surface area (Å²) >= 11 is 6.18. The molecule has 0 spiro atoms. The van der Waals surface area contributed by atoms with Gasteiger partial charge in [0.2, 0.25) is 0 Å². The molecule has 3 rings (SSSR count). The number of likely N-dealkylation sites (N-methyl/N-ethyl adjacent to an activating group) is 1. The van der Waals surface area contributed by atoms with E-state index < -0.39 is 17.8 Å². The van der Waals surface area contributed by atoms with Gasteiger partial charge < -0.3 is 10.0 Å². The highest BCUT2D eigenvalue weighted by Crippen LogP contribution is 2.40. The molecule has 31 heavy (non-hydrogen) atoms. The van der Waals surface area contributed by atoms with Crippen molar-refractivity contribution in [3.63, 3.8) is 0 Å². The van der Waals surface area contributed by atoms with Crippen LogP contribution in [0.3, 0.4) is 0 Å². The van der Waals surface area contributed by atoms with Gasteiger partial charge in [0.05, 0.1) is 0 Å². The molecular weight excluding hydrogens is 412 g/mol. The average molecular weight is 437 g/mol. The summed E-state index contributed by atoms with van der Waals surface area (Å²) in [5, 5.41) is 10.4. The van der Waals surface area contributed by atoms with Gasteiger partial charge in [-0.25, -0.2) is 0 Å². The molecule has 0 aliphatic carbocycles. The fourth-order valence-corrected chi connectivity index (χ4v) is 4.09. The third-order valence-electron chi connectivity index (χ3n) is 5.37. The van der Waals surface area contributed by atoms with Crippen LogP contribution in [0.4, 0.5) is 0 Å². The second-order valence-corrected chi connectivity index (χ2v) is 8.04. The van der Waals surface area contributed by atoms with Crippen molar-refractivity contribution in [3.05, 3.63) is 88.1 Å². The molecule has 0 saturated heterocycles. The zero-order chi connectivity index (χ0) is 22.5. The molecule has 160 valence electrons. The number of nitrogens with zero attached hydrogens (tertiary/aromatic N) is 2. The summed E-state index contributed by atoms with van der Waals surface area (Å²) in [5.41, 5.74) is 3.11. The van der Waals surface area contributed by atoms with E-state index in [1.54, 1.807) is 50.1 Å². The van der Waals surface area contributed by atoms with Crippen molar-refractivity contribution in [2.45, 2.75) is 19.8 Å². The van der Waals surface area contributed by atoms with Crippen LogP contribution in [0.15, 0.2) is 76.9 Å². The van der Waals surface area contributed by atoms with Gasteiger partial charge in [-0.15, -0.1) is 0 Å². The molecule has 1 aliphatic rings. The number of rotatable bonds is 6. The maximum absolute atomic E-state index is 13.4. The van der Waals surface area contributed by atoms with Crippen molar-refractivity contribution in [2.24, 2.45) is 10.9 Å². The summed E-state index contributed by atoms with van der Waals surface area (Å²) in [6, 6.07) is 16.8. The predicted molar refractivity (Wildman–Crippen MR) is 124 cm³/mol. The van der Waals surface area contributed by atoms with Crippen LogP contribution in [0.25, 0.3) is 6.08 Å². The summed E-state index contributed by atoms with van der Waals surface area (Å²) in [6.07, 6.45) is 3.85. The molecule has 1 heterocycles. The quantitative estimate of drug-likeness (QED) is 0.689. The van der Waals surface area contributed by atoms with Crippen LogP contribution in [0.1, 0.15) is 30.9 Å². The van der Waals surface area contributed by atoms with Crippen LogP contribution in [0.5, 0.6) is 0 Å². The van der Waals surface area contributed by atoms with Crippen molar-refractivity contribution < 1.29 is 14.7 Å². The molecule has 2 aromatic carbocycles. The zero-order valence-electron chi connectivity index (χ0n) is 17.7. The van der Waals surface area contributed by atoms with Crippen LogP contribution in [-0.2, 0) is 9.59 Å². The van der Waals surface area contributed by atoms with Crippen molar-refractivity contribution in [1.29, 1.82) is 0 Å². The van der Waals surface area contributed by atoms with Crippen LogP contribution >= 0.6 is 11.6 Å². The number of carbonyl (C=O) groups is 2. The Kier molecular flexibility index (Phi) is 7.08. The number of aliphatic imine (C=N–C) groups is 1. The number of allylic oxidation sites excluding steroid dienone is 1. The van der Waals surface area contributed by atoms with Crippen molar-refractivity contribution >= 4 is 35.3 Å². The lowest BCUT2D eigenvalue weighted by molar-refractivity contribution is -0.139. The number of carbonyl (C=O) groups excluding carboxylic acids is 1. The van der Waals surface area contributed by atoms with E-state index in [1.165, 1.54) is 0 Å². The summed E-state index contributed by atoms with van der Waals surface area (Å²) in [6.45, 7) is 3.82. The number of hydrogen-bond donors (Lipinski definition) is 1. The number of benzene rings is 2. The Labute approximate surface area is 187 Å². The predicted octanol–water partition coefficient (Wildman–Crippen LogP) is 5.04. The van der Waals surface area contributed by atoms with Gasteiger partial charge in [-0.3, -0.25) is 14.6 Å². The topological polar surface area (TPSA) is 70.0 Å². The highest BCUT2D eigenvalue weighted by molar-refractivity contribution is 6.30. The Balaban J connectivity index is 1.94. The van der Waals surface area contributed by atoms with Crippen LogP contribution in [0.2, 0.25) is 5.02 Å². The Bertz CT molecular complexity index is 1070. The smallest absolute Gasteiger partial charge is 0.313 e. The minimum atomic E-state index is -1.02. The molecule has 1 aliphatic heterocycles. The SMILES string of the molecule is CC1=NC(C)=C(C(=O)N(C)CC=Cc2ccccc2)C(c2cccc(Cl)c2)C1C(=O)O. The molecule has 1 N–H and O–H groups in total. The Morgan fingerprint density at radius 2 is 1.84 bits per heavy atom. The average Bonchev–Trinajstić information content (AvgIpc) is 2.73. The number of carboxylic acid groups (broad SMARTS) is 1. The zero-order valence-corrected chi connectivity index (χ0v) is 18.5. The molecule has 0 fully saturated rings. The maximum Gasteiger partial charge on any atom is 0.313 e. The fourth-order valence-electron chi connectivity index (χ4n) is 3.90.